The van der Waals surface area contributed by atoms with Crippen LogP contribution in [0.3, 0.4) is 0 Å². The summed E-state index contributed by atoms with van der Waals surface area (Å²) >= 11 is 0. The Hall–Kier alpha value is -8.20. The lowest BCUT2D eigenvalue weighted by molar-refractivity contribution is 0.660. The maximum absolute atomic E-state index is 6.94. The van der Waals surface area contributed by atoms with Crippen molar-refractivity contribution in [3.05, 3.63) is 270 Å². The molecule has 0 radical (unpaired) electrons. The number of para-hydroxylation sites is 1. The van der Waals surface area contributed by atoms with Gasteiger partial charge in [0, 0.05) is 38.8 Å². The zero-order chi connectivity index (χ0) is 44.0. The molecule has 0 saturated heterocycles. The topological polar surface area (TPSA) is 16.4 Å². The van der Waals surface area contributed by atoms with Crippen molar-refractivity contribution < 1.29 is 4.42 Å². The van der Waals surface area contributed by atoms with Gasteiger partial charge in [0.15, 0.2) is 0 Å². The van der Waals surface area contributed by atoms with E-state index in [2.05, 4.69) is 255 Å². The quantitative estimate of drug-likeness (QED) is 0.159. The second-order valence-corrected chi connectivity index (χ2v) is 18.4. The van der Waals surface area contributed by atoms with Crippen LogP contribution in [0.15, 0.2) is 241 Å². The second kappa shape index (κ2) is 14.7. The highest BCUT2D eigenvalue weighted by Crippen LogP contribution is 2.59. The summed E-state index contributed by atoms with van der Waals surface area (Å²) < 4.78 is 6.94. The highest BCUT2D eigenvalue weighted by atomic mass is 16.3. The number of hydrogen-bond acceptors (Lipinski definition) is 2. The fourth-order valence-electron chi connectivity index (χ4n) is 11.5. The van der Waals surface area contributed by atoms with Gasteiger partial charge in [-0.05, 0) is 121 Å². The van der Waals surface area contributed by atoms with Gasteiger partial charge in [-0.3, -0.25) is 0 Å². The molecular weight excluding hydrogens is 799 g/mol. The van der Waals surface area contributed by atoms with E-state index in [1.54, 1.807) is 0 Å². The summed E-state index contributed by atoms with van der Waals surface area (Å²) in [5.41, 5.74) is 21.9. The molecule has 0 saturated carbocycles. The molecule has 13 rings (SSSR count). The Morgan fingerprint density at radius 2 is 0.879 bits per heavy atom. The number of nitrogens with zero attached hydrogens (tertiary/aromatic N) is 1. The van der Waals surface area contributed by atoms with E-state index in [-0.39, 0.29) is 5.41 Å². The van der Waals surface area contributed by atoms with Crippen molar-refractivity contribution >= 4 is 39.0 Å². The molecule has 0 bridgehead atoms. The first-order chi connectivity index (χ1) is 32.5. The van der Waals surface area contributed by atoms with E-state index in [1.165, 1.54) is 72.3 Å². The van der Waals surface area contributed by atoms with Crippen LogP contribution in [-0.2, 0) is 10.8 Å². The molecule has 0 N–H and O–H groups in total. The van der Waals surface area contributed by atoms with E-state index in [1.807, 2.05) is 0 Å². The van der Waals surface area contributed by atoms with Crippen LogP contribution < -0.4 is 4.90 Å². The molecule has 2 nitrogen and oxygen atoms in total. The van der Waals surface area contributed by atoms with Crippen molar-refractivity contribution in [2.45, 2.75) is 24.7 Å². The van der Waals surface area contributed by atoms with E-state index >= 15 is 0 Å². The van der Waals surface area contributed by atoms with Crippen molar-refractivity contribution in [3.8, 4) is 44.5 Å². The molecule has 2 aliphatic rings. The Kier molecular flexibility index (Phi) is 8.51. The Bertz CT molecular complexity index is 3600. The van der Waals surface area contributed by atoms with Crippen molar-refractivity contribution in [1.82, 2.24) is 0 Å². The van der Waals surface area contributed by atoms with Crippen LogP contribution in [0.1, 0.15) is 47.2 Å². The zero-order valence-electron chi connectivity index (χ0n) is 36.9. The molecule has 312 valence electrons. The lowest BCUT2D eigenvalue weighted by atomic mass is 9.67. The van der Waals surface area contributed by atoms with Crippen LogP contribution in [0, 0.1) is 0 Å². The third kappa shape index (κ3) is 5.61. The minimum atomic E-state index is -0.575. The van der Waals surface area contributed by atoms with Gasteiger partial charge in [-0.2, -0.15) is 0 Å². The van der Waals surface area contributed by atoms with Gasteiger partial charge in [0.05, 0.1) is 5.41 Å². The van der Waals surface area contributed by atoms with Crippen LogP contribution in [-0.4, -0.2) is 0 Å². The molecule has 0 spiro atoms. The lowest BCUT2D eigenvalue weighted by Crippen LogP contribution is -2.28. The first kappa shape index (κ1) is 38.3. The Morgan fingerprint density at radius 1 is 0.348 bits per heavy atom. The minimum absolute atomic E-state index is 0.0661. The molecule has 0 fully saturated rings. The van der Waals surface area contributed by atoms with E-state index in [4.69, 9.17) is 4.42 Å². The van der Waals surface area contributed by atoms with Crippen LogP contribution in [0.2, 0.25) is 0 Å². The van der Waals surface area contributed by atoms with E-state index in [0.29, 0.717) is 0 Å². The van der Waals surface area contributed by atoms with Gasteiger partial charge < -0.3 is 9.32 Å². The molecule has 66 heavy (non-hydrogen) atoms. The van der Waals surface area contributed by atoms with Gasteiger partial charge in [-0.15, -0.1) is 0 Å². The summed E-state index contributed by atoms with van der Waals surface area (Å²) in [6, 6.07) is 86.8. The predicted octanol–water partition coefficient (Wildman–Crippen LogP) is 17.1. The fraction of sp³-hybridized carbons (Fsp3) is 0.0625. The van der Waals surface area contributed by atoms with Crippen LogP contribution in [0.25, 0.3) is 66.4 Å². The van der Waals surface area contributed by atoms with E-state index < -0.39 is 5.41 Å². The summed E-state index contributed by atoms with van der Waals surface area (Å²) in [5.74, 6) is 0. The van der Waals surface area contributed by atoms with Crippen LogP contribution in [0.5, 0.6) is 0 Å². The van der Waals surface area contributed by atoms with Crippen molar-refractivity contribution in [2.75, 3.05) is 4.90 Å². The maximum atomic E-state index is 6.94. The average Bonchev–Trinajstić information content (AvgIpc) is 3.99. The molecule has 0 unspecified atom stereocenters. The molecule has 10 aromatic carbocycles. The summed E-state index contributed by atoms with van der Waals surface area (Å²) in [6.45, 7) is 4.70. The van der Waals surface area contributed by atoms with E-state index in [9.17, 15) is 0 Å². The maximum Gasteiger partial charge on any atom is 0.143 e. The van der Waals surface area contributed by atoms with Crippen LogP contribution >= 0.6 is 0 Å². The van der Waals surface area contributed by atoms with Gasteiger partial charge >= 0.3 is 0 Å². The van der Waals surface area contributed by atoms with E-state index in [0.717, 1.165) is 44.6 Å². The molecular formula is C64H45NO. The lowest BCUT2D eigenvalue weighted by Gasteiger charge is -2.34. The van der Waals surface area contributed by atoms with Gasteiger partial charge in [0.25, 0.3) is 0 Å². The molecule has 2 heteroatoms. The third-order valence-electron chi connectivity index (χ3n) is 14.6. The largest absolute Gasteiger partial charge is 0.455 e. The smallest absolute Gasteiger partial charge is 0.143 e. The zero-order valence-corrected chi connectivity index (χ0v) is 36.9. The molecule has 2 aliphatic carbocycles. The van der Waals surface area contributed by atoms with Crippen LogP contribution in [0.4, 0.5) is 17.1 Å². The minimum Gasteiger partial charge on any atom is -0.455 e. The molecule has 1 heterocycles. The van der Waals surface area contributed by atoms with Gasteiger partial charge in [0.1, 0.15) is 11.2 Å². The number of hydrogen-bond donors (Lipinski definition) is 0. The van der Waals surface area contributed by atoms with Gasteiger partial charge in [-0.25, -0.2) is 0 Å². The monoisotopic (exact) mass is 843 g/mol. The van der Waals surface area contributed by atoms with Gasteiger partial charge in [0.2, 0.25) is 0 Å². The first-order valence-electron chi connectivity index (χ1n) is 23.0. The third-order valence-corrected chi connectivity index (χ3v) is 14.6. The Morgan fingerprint density at radius 3 is 1.58 bits per heavy atom. The normalized spacial score (nSPS) is 13.8. The average molecular weight is 844 g/mol. The molecule has 0 atom stereocenters. The summed E-state index contributed by atoms with van der Waals surface area (Å²) in [7, 11) is 0. The second-order valence-electron chi connectivity index (χ2n) is 18.4. The number of rotatable bonds is 7. The first-order valence-corrected chi connectivity index (χ1v) is 23.0. The molecule has 0 amide bonds. The Balaban J connectivity index is 1.01. The molecule has 11 aromatic rings. The van der Waals surface area contributed by atoms with Gasteiger partial charge in [-0.1, -0.05) is 202 Å². The summed E-state index contributed by atoms with van der Waals surface area (Å²) in [6.07, 6.45) is 0. The molecule has 0 aliphatic heterocycles. The summed E-state index contributed by atoms with van der Waals surface area (Å²) in [5, 5.41) is 2.25. The van der Waals surface area contributed by atoms with Crippen molar-refractivity contribution in [2.24, 2.45) is 0 Å². The number of furan rings is 1. The predicted molar refractivity (Wildman–Crippen MR) is 274 cm³/mol. The van der Waals surface area contributed by atoms with Crippen molar-refractivity contribution in [3.63, 3.8) is 0 Å². The summed E-state index contributed by atoms with van der Waals surface area (Å²) in [4.78, 5) is 2.41. The number of anilines is 3. The fourth-order valence-corrected chi connectivity index (χ4v) is 11.5. The number of benzene rings is 10. The molecule has 1 aromatic heterocycles. The number of fused-ring (bicyclic) bond motifs is 10. The van der Waals surface area contributed by atoms with Crippen molar-refractivity contribution in [1.29, 1.82) is 0 Å². The Labute approximate surface area is 385 Å². The highest BCUT2D eigenvalue weighted by Gasteiger charge is 2.47. The SMILES string of the molecule is CC1(C)c2ccccc2-c2ccc(-c3ccc(N(c4ccc(-c5ccccc5)cc4)c4ccc5c(c4)-c4c(ccc6c4oc4ccccc46)C5(c4ccccc4)c4ccccc4)cc3)cc21. The highest BCUT2D eigenvalue weighted by molar-refractivity contribution is 6.12. The standard InChI is InChI=1S/C64H45NO/c1-63(2)56-24-14-12-22-51(56)52-36-30-45(40-59(52)63)44-28-33-49(34-29-44)65(48-31-26-43(27-32-48)42-16-6-3-7-17-42)50-35-38-57-55(41-50)61-58(39-37-54-53-23-13-15-25-60(53)66-62(54)61)64(57,46-18-8-4-9-19-46)47-20-10-5-11-21-47/h3-41H,1-2H3.